The maximum atomic E-state index is 5.90. The van der Waals surface area contributed by atoms with Crippen molar-refractivity contribution in [3.63, 3.8) is 0 Å². The molecule has 0 spiro atoms. The Labute approximate surface area is 91.6 Å². The van der Waals surface area contributed by atoms with Crippen molar-refractivity contribution >= 4 is 11.8 Å². The zero-order valence-electron chi connectivity index (χ0n) is 9.11. The molecule has 0 aromatic rings. The number of hydrogen-bond acceptors (Lipinski definition) is 3. The highest BCUT2D eigenvalue weighted by atomic mass is 32.2. The van der Waals surface area contributed by atoms with Gasteiger partial charge in [0.15, 0.2) is 0 Å². The Morgan fingerprint density at radius 3 is 2.64 bits per heavy atom. The Morgan fingerprint density at radius 2 is 2.21 bits per heavy atom. The predicted octanol–water partition coefficient (Wildman–Crippen LogP) is 1.55. The third kappa shape index (κ3) is 2.10. The lowest BCUT2D eigenvalue weighted by molar-refractivity contribution is 0.0957. The largest absolute Gasteiger partial charge is 0.329 e. The molecule has 2 nitrogen and oxygen atoms in total. The van der Waals surface area contributed by atoms with E-state index in [0.29, 0.717) is 6.04 Å². The second-order valence-corrected chi connectivity index (χ2v) is 5.83. The summed E-state index contributed by atoms with van der Waals surface area (Å²) in [4.78, 5) is 2.57. The topological polar surface area (TPSA) is 29.3 Å². The number of likely N-dealkylation sites (N-methyl/N-ethyl adjacent to an activating group) is 1. The molecule has 0 amide bonds. The van der Waals surface area contributed by atoms with Crippen LogP contribution in [0.15, 0.2) is 0 Å². The highest BCUT2D eigenvalue weighted by Gasteiger charge is 2.33. The van der Waals surface area contributed by atoms with Crippen LogP contribution in [-0.2, 0) is 0 Å². The fourth-order valence-corrected chi connectivity index (χ4v) is 3.91. The van der Waals surface area contributed by atoms with E-state index < -0.39 is 0 Å². The first-order valence-corrected chi connectivity index (χ1v) is 6.98. The fourth-order valence-electron chi connectivity index (χ4n) is 2.63. The predicted molar refractivity (Wildman–Crippen MR) is 63.7 cm³/mol. The smallest absolute Gasteiger partial charge is 0.0246 e. The summed E-state index contributed by atoms with van der Waals surface area (Å²) in [7, 11) is 2.28. The third-order valence-corrected chi connectivity index (χ3v) is 5.09. The fraction of sp³-hybridized carbons (Fsp3) is 1.00. The molecular formula is C11H22N2S. The van der Waals surface area contributed by atoms with Crippen LogP contribution in [0, 0.1) is 5.92 Å². The number of hydrogen-bond donors (Lipinski definition) is 1. The second-order valence-electron chi connectivity index (χ2n) is 4.68. The van der Waals surface area contributed by atoms with Gasteiger partial charge in [-0.3, -0.25) is 4.90 Å². The van der Waals surface area contributed by atoms with Crippen molar-refractivity contribution in [3.05, 3.63) is 0 Å². The van der Waals surface area contributed by atoms with Crippen LogP contribution in [0.5, 0.6) is 0 Å². The van der Waals surface area contributed by atoms with Crippen molar-refractivity contribution in [3.8, 4) is 0 Å². The van der Waals surface area contributed by atoms with Crippen molar-refractivity contribution in [2.75, 3.05) is 25.1 Å². The second kappa shape index (κ2) is 4.86. The van der Waals surface area contributed by atoms with Gasteiger partial charge >= 0.3 is 0 Å². The molecule has 14 heavy (non-hydrogen) atoms. The lowest BCUT2D eigenvalue weighted by atomic mass is 9.79. The molecule has 0 aromatic carbocycles. The van der Waals surface area contributed by atoms with Gasteiger partial charge in [0.25, 0.3) is 0 Å². The van der Waals surface area contributed by atoms with E-state index in [4.69, 9.17) is 5.73 Å². The quantitative estimate of drug-likeness (QED) is 0.770. The molecule has 2 fully saturated rings. The molecule has 0 aromatic heterocycles. The Morgan fingerprint density at radius 1 is 1.43 bits per heavy atom. The number of thioether (sulfide) groups is 1. The van der Waals surface area contributed by atoms with Crippen LogP contribution < -0.4 is 5.73 Å². The van der Waals surface area contributed by atoms with Crippen molar-refractivity contribution in [2.45, 2.75) is 37.8 Å². The van der Waals surface area contributed by atoms with Gasteiger partial charge in [0.1, 0.15) is 0 Å². The molecule has 1 heterocycles. The minimum absolute atomic E-state index is 0.660. The van der Waals surface area contributed by atoms with Gasteiger partial charge in [-0.05, 0) is 38.0 Å². The van der Waals surface area contributed by atoms with Crippen molar-refractivity contribution in [1.82, 2.24) is 4.90 Å². The molecule has 1 aliphatic heterocycles. The Hall–Kier alpha value is 0.270. The Kier molecular flexibility index (Phi) is 3.74. The molecule has 2 atom stereocenters. The van der Waals surface area contributed by atoms with Gasteiger partial charge in [0, 0.05) is 24.4 Å². The summed E-state index contributed by atoms with van der Waals surface area (Å²) in [5.74, 6) is 3.56. The summed E-state index contributed by atoms with van der Waals surface area (Å²) in [6.07, 6.45) is 5.61. The average molecular weight is 214 g/mol. The van der Waals surface area contributed by atoms with E-state index in [1.807, 2.05) is 0 Å². The van der Waals surface area contributed by atoms with E-state index in [0.717, 1.165) is 18.5 Å². The molecule has 1 aliphatic carbocycles. The van der Waals surface area contributed by atoms with E-state index in [1.165, 1.54) is 37.2 Å². The average Bonchev–Trinajstić information content (AvgIpc) is 2.62. The maximum absolute atomic E-state index is 5.90. The molecule has 0 radical (unpaired) electrons. The lowest BCUT2D eigenvalue weighted by Gasteiger charge is -2.41. The molecular weight excluding hydrogens is 192 g/mol. The number of nitrogens with zero attached hydrogens (tertiary/aromatic N) is 1. The molecule has 2 aliphatic rings. The van der Waals surface area contributed by atoms with E-state index in [1.54, 1.807) is 0 Å². The number of nitrogens with two attached hydrogens (primary N) is 1. The zero-order chi connectivity index (χ0) is 9.97. The van der Waals surface area contributed by atoms with Gasteiger partial charge in [-0.1, -0.05) is 6.42 Å². The van der Waals surface area contributed by atoms with Crippen molar-refractivity contribution < 1.29 is 0 Å². The van der Waals surface area contributed by atoms with E-state index in [-0.39, 0.29) is 0 Å². The van der Waals surface area contributed by atoms with Gasteiger partial charge in [0.05, 0.1) is 0 Å². The van der Waals surface area contributed by atoms with Crippen LogP contribution in [0.2, 0.25) is 0 Å². The molecule has 2 rings (SSSR count). The third-order valence-electron chi connectivity index (χ3n) is 3.94. The van der Waals surface area contributed by atoms with Crippen LogP contribution in [0.4, 0.5) is 0 Å². The van der Waals surface area contributed by atoms with Gasteiger partial charge in [-0.25, -0.2) is 0 Å². The van der Waals surface area contributed by atoms with E-state index >= 15 is 0 Å². The zero-order valence-corrected chi connectivity index (χ0v) is 9.93. The minimum Gasteiger partial charge on any atom is -0.329 e. The van der Waals surface area contributed by atoms with Gasteiger partial charge in [-0.15, -0.1) is 0 Å². The van der Waals surface area contributed by atoms with Crippen LogP contribution in [-0.4, -0.2) is 42.1 Å². The first-order valence-electron chi connectivity index (χ1n) is 5.82. The number of rotatable bonds is 4. The summed E-state index contributed by atoms with van der Waals surface area (Å²) in [5, 5.41) is 0. The van der Waals surface area contributed by atoms with E-state index in [2.05, 4.69) is 23.7 Å². The Bertz CT molecular complexity index is 176. The maximum Gasteiger partial charge on any atom is 0.0246 e. The van der Waals surface area contributed by atoms with E-state index in [9.17, 15) is 0 Å². The SMILES string of the molecule is CN(C1CCSC1)C(CN)C1CCC1. The van der Waals surface area contributed by atoms with Crippen LogP contribution in [0.3, 0.4) is 0 Å². The highest BCUT2D eigenvalue weighted by molar-refractivity contribution is 7.99. The lowest BCUT2D eigenvalue weighted by Crippen LogP contribution is -2.50. The molecule has 1 saturated heterocycles. The highest BCUT2D eigenvalue weighted by Crippen LogP contribution is 2.33. The summed E-state index contributed by atoms with van der Waals surface area (Å²) < 4.78 is 0. The van der Waals surface area contributed by atoms with Gasteiger partial charge in [0.2, 0.25) is 0 Å². The normalized spacial score (nSPS) is 30.6. The molecule has 2 N–H and O–H groups in total. The van der Waals surface area contributed by atoms with Crippen LogP contribution >= 0.6 is 11.8 Å². The van der Waals surface area contributed by atoms with Gasteiger partial charge in [-0.2, -0.15) is 11.8 Å². The van der Waals surface area contributed by atoms with Crippen molar-refractivity contribution in [1.29, 1.82) is 0 Å². The standard InChI is InChI=1S/C11H22N2S/c1-13(10-5-6-14-8-10)11(7-12)9-3-2-4-9/h9-11H,2-8,12H2,1H3. The minimum atomic E-state index is 0.660. The molecule has 0 bridgehead atoms. The first kappa shape index (κ1) is 10.8. The summed E-state index contributed by atoms with van der Waals surface area (Å²) in [6, 6.07) is 1.46. The van der Waals surface area contributed by atoms with Crippen molar-refractivity contribution in [2.24, 2.45) is 11.7 Å². The summed E-state index contributed by atoms with van der Waals surface area (Å²) in [6.45, 7) is 0.850. The monoisotopic (exact) mass is 214 g/mol. The molecule has 1 saturated carbocycles. The summed E-state index contributed by atoms with van der Waals surface area (Å²) in [5.41, 5.74) is 5.90. The van der Waals surface area contributed by atoms with Gasteiger partial charge < -0.3 is 5.73 Å². The molecule has 3 heteroatoms. The summed E-state index contributed by atoms with van der Waals surface area (Å²) >= 11 is 2.09. The van der Waals surface area contributed by atoms with Crippen LogP contribution in [0.1, 0.15) is 25.7 Å². The van der Waals surface area contributed by atoms with Crippen LogP contribution in [0.25, 0.3) is 0 Å². The first-order chi connectivity index (χ1) is 6.83. The molecule has 82 valence electrons. The Balaban J connectivity index is 1.88. The molecule has 2 unspecified atom stereocenters.